The number of benzene rings is 3. The highest BCUT2D eigenvalue weighted by Crippen LogP contribution is 2.44. The summed E-state index contributed by atoms with van der Waals surface area (Å²) in [5, 5.41) is 11.3. The van der Waals surface area contributed by atoms with Gasteiger partial charge in [-0.1, -0.05) is 51.8 Å². The molecule has 6 heteroatoms. The van der Waals surface area contributed by atoms with Crippen LogP contribution in [0.3, 0.4) is 0 Å². The first kappa shape index (κ1) is 22.8. The number of ketones is 1. The minimum atomic E-state index is -0.801. The normalized spacial score (nSPS) is 17.5. The molecule has 1 amide bonds. The van der Waals surface area contributed by atoms with E-state index in [1.165, 1.54) is 4.90 Å². The number of amides is 1. The highest BCUT2D eigenvalue weighted by Gasteiger charge is 2.47. The lowest BCUT2D eigenvalue weighted by atomic mass is 9.94. The molecule has 5 nitrogen and oxygen atoms in total. The number of nitrogens with zero attached hydrogens (tertiary/aromatic N) is 1. The first-order valence-electron chi connectivity index (χ1n) is 10.5. The number of Topliss-reactive ketones (excluding diaryl/α,β-unsaturated/α-hetero) is 1. The van der Waals surface area contributed by atoms with Crippen molar-refractivity contribution in [3.8, 4) is 5.75 Å². The number of carbonyl (C=O) groups excluding carboxylic acids is 2. The Kier molecular flexibility index (Phi) is 6.13. The zero-order valence-corrected chi connectivity index (χ0v) is 20.4. The Morgan fingerprint density at radius 2 is 1.73 bits per heavy atom. The van der Waals surface area contributed by atoms with Gasteiger partial charge < -0.3 is 9.84 Å². The van der Waals surface area contributed by atoms with E-state index in [2.05, 4.69) is 15.9 Å². The highest BCUT2D eigenvalue weighted by molar-refractivity contribution is 9.10. The molecule has 33 heavy (non-hydrogen) atoms. The zero-order valence-electron chi connectivity index (χ0n) is 18.8. The summed E-state index contributed by atoms with van der Waals surface area (Å²) in [6.07, 6.45) is 0. The fraction of sp³-hybridized carbons (Fsp3) is 0.185. The second kappa shape index (κ2) is 8.87. The van der Waals surface area contributed by atoms with Crippen molar-refractivity contribution in [1.29, 1.82) is 0 Å². The van der Waals surface area contributed by atoms with Crippen LogP contribution in [0.25, 0.3) is 5.76 Å². The lowest BCUT2D eigenvalue weighted by molar-refractivity contribution is -0.132. The van der Waals surface area contributed by atoms with Crippen molar-refractivity contribution in [3.05, 3.63) is 98.5 Å². The molecule has 4 rings (SSSR count). The number of ether oxygens (including phenoxy) is 1. The van der Waals surface area contributed by atoms with Crippen molar-refractivity contribution < 1.29 is 19.4 Å². The molecular weight excluding hydrogens is 482 g/mol. The van der Waals surface area contributed by atoms with E-state index < -0.39 is 17.7 Å². The predicted octanol–water partition coefficient (Wildman–Crippen LogP) is 6.01. The van der Waals surface area contributed by atoms with Gasteiger partial charge in [-0.2, -0.15) is 0 Å². The summed E-state index contributed by atoms with van der Waals surface area (Å²) >= 11 is 3.46. The van der Waals surface area contributed by atoms with E-state index >= 15 is 0 Å². The van der Waals surface area contributed by atoms with Crippen LogP contribution in [0.4, 0.5) is 5.69 Å². The summed E-state index contributed by atoms with van der Waals surface area (Å²) < 4.78 is 6.27. The summed E-state index contributed by atoms with van der Waals surface area (Å²) in [5.41, 5.74) is 4.64. The molecule has 1 N–H and O–H groups in total. The van der Waals surface area contributed by atoms with E-state index in [9.17, 15) is 14.7 Å². The first-order chi connectivity index (χ1) is 15.7. The lowest BCUT2D eigenvalue weighted by Crippen LogP contribution is -2.30. The number of methoxy groups -OCH3 is 1. The number of hydrogen-bond donors (Lipinski definition) is 1. The van der Waals surface area contributed by atoms with Crippen LogP contribution in [0.5, 0.6) is 5.75 Å². The average molecular weight is 506 g/mol. The number of anilines is 1. The minimum Gasteiger partial charge on any atom is -0.507 e. The van der Waals surface area contributed by atoms with Gasteiger partial charge in [0.05, 0.1) is 18.7 Å². The third-order valence-corrected chi connectivity index (χ3v) is 6.79. The molecule has 0 radical (unpaired) electrons. The van der Waals surface area contributed by atoms with Gasteiger partial charge >= 0.3 is 0 Å². The number of aliphatic hydroxyl groups excluding tert-OH is 1. The quantitative estimate of drug-likeness (QED) is 0.268. The van der Waals surface area contributed by atoms with Crippen molar-refractivity contribution >= 4 is 39.1 Å². The van der Waals surface area contributed by atoms with Crippen LogP contribution in [0.15, 0.2) is 70.7 Å². The molecule has 0 aliphatic carbocycles. The number of halogens is 1. The van der Waals surface area contributed by atoms with Gasteiger partial charge in [-0.25, -0.2) is 0 Å². The monoisotopic (exact) mass is 505 g/mol. The van der Waals surface area contributed by atoms with Crippen LogP contribution >= 0.6 is 15.9 Å². The van der Waals surface area contributed by atoms with Gasteiger partial charge in [-0.15, -0.1) is 0 Å². The van der Waals surface area contributed by atoms with Crippen LogP contribution < -0.4 is 9.64 Å². The second-order valence-electron chi connectivity index (χ2n) is 8.20. The predicted molar refractivity (Wildman–Crippen MR) is 133 cm³/mol. The number of aliphatic hydroxyl groups is 1. The topological polar surface area (TPSA) is 66.8 Å². The molecular formula is C27H24BrNO4. The van der Waals surface area contributed by atoms with Crippen molar-refractivity contribution in [2.24, 2.45) is 0 Å². The molecule has 1 saturated heterocycles. The maximum atomic E-state index is 13.3. The first-order valence-corrected chi connectivity index (χ1v) is 11.3. The van der Waals surface area contributed by atoms with E-state index in [1.54, 1.807) is 37.4 Å². The van der Waals surface area contributed by atoms with Gasteiger partial charge in [0.2, 0.25) is 0 Å². The maximum absolute atomic E-state index is 13.3. The van der Waals surface area contributed by atoms with Gasteiger partial charge in [0.25, 0.3) is 11.7 Å². The third-order valence-electron chi connectivity index (χ3n) is 5.90. The second-order valence-corrected chi connectivity index (χ2v) is 9.05. The molecule has 1 aliphatic heterocycles. The Hall–Kier alpha value is -3.38. The smallest absolute Gasteiger partial charge is 0.300 e. The van der Waals surface area contributed by atoms with Gasteiger partial charge in [0.1, 0.15) is 11.5 Å². The molecule has 0 aromatic heterocycles. The molecule has 0 spiro atoms. The van der Waals surface area contributed by atoms with Crippen LogP contribution in [0, 0.1) is 20.8 Å². The lowest BCUT2D eigenvalue weighted by Gasteiger charge is -2.27. The Morgan fingerprint density at radius 1 is 0.970 bits per heavy atom. The maximum Gasteiger partial charge on any atom is 0.300 e. The largest absolute Gasteiger partial charge is 0.507 e. The van der Waals surface area contributed by atoms with E-state index in [1.807, 2.05) is 51.1 Å². The molecule has 168 valence electrons. The van der Waals surface area contributed by atoms with Gasteiger partial charge in [-0.3, -0.25) is 14.5 Å². The van der Waals surface area contributed by atoms with Gasteiger partial charge in [0.15, 0.2) is 0 Å². The summed E-state index contributed by atoms with van der Waals surface area (Å²) in [5.74, 6) is -1.01. The molecule has 3 aromatic carbocycles. The standard InChI is InChI=1S/C27H24BrNO4/c1-15-8-11-22(17(3)12-15)29-24(18-6-5-7-20(14-18)33-4)23(26(31)27(29)32)25(30)19-9-10-21(28)16(2)13-19/h5-14,24,30H,1-4H3/b25-23+. The summed E-state index contributed by atoms with van der Waals surface area (Å²) in [6, 6.07) is 17.4. The number of aryl methyl sites for hydroxylation is 3. The van der Waals surface area contributed by atoms with Crippen molar-refractivity contribution in [1.82, 2.24) is 0 Å². The van der Waals surface area contributed by atoms with E-state index in [-0.39, 0.29) is 11.3 Å². The van der Waals surface area contributed by atoms with E-state index in [0.717, 1.165) is 21.2 Å². The summed E-state index contributed by atoms with van der Waals surface area (Å²) in [6.45, 7) is 5.78. The number of carbonyl (C=O) groups is 2. The summed E-state index contributed by atoms with van der Waals surface area (Å²) in [4.78, 5) is 28.1. The fourth-order valence-electron chi connectivity index (χ4n) is 4.23. The van der Waals surface area contributed by atoms with Crippen LogP contribution in [0.2, 0.25) is 0 Å². The molecule has 1 unspecified atom stereocenters. The summed E-state index contributed by atoms with van der Waals surface area (Å²) in [7, 11) is 1.56. The van der Waals surface area contributed by atoms with Gasteiger partial charge in [-0.05, 0) is 67.8 Å². The van der Waals surface area contributed by atoms with Gasteiger partial charge in [0, 0.05) is 15.7 Å². The Morgan fingerprint density at radius 3 is 2.39 bits per heavy atom. The number of hydrogen-bond acceptors (Lipinski definition) is 4. The zero-order chi connectivity index (χ0) is 23.9. The van der Waals surface area contributed by atoms with Crippen molar-refractivity contribution in [2.45, 2.75) is 26.8 Å². The van der Waals surface area contributed by atoms with Crippen molar-refractivity contribution in [2.75, 3.05) is 12.0 Å². The van der Waals surface area contributed by atoms with Crippen molar-refractivity contribution in [3.63, 3.8) is 0 Å². The number of rotatable bonds is 4. The third kappa shape index (κ3) is 4.07. The average Bonchev–Trinajstić information content (AvgIpc) is 3.06. The minimum absolute atomic E-state index is 0.0509. The van der Waals surface area contributed by atoms with E-state index in [0.29, 0.717) is 22.6 Å². The Bertz CT molecular complexity index is 1310. The molecule has 0 bridgehead atoms. The molecule has 3 aromatic rings. The molecule has 1 aliphatic rings. The Balaban J connectivity index is 1.99. The molecule has 1 fully saturated rings. The van der Waals surface area contributed by atoms with Crippen LogP contribution in [-0.2, 0) is 9.59 Å². The van der Waals surface area contributed by atoms with E-state index in [4.69, 9.17) is 4.74 Å². The van der Waals surface area contributed by atoms with Crippen LogP contribution in [-0.4, -0.2) is 23.9 Å². The molecule has 0 saturated carbocycles. The fourth-order valence-corrected chi connectivity index (χ4v) is 4.48. The SMILES string of the molecule is COc1cccc(C2/C(=C(\O)c3ccc(Br)c(C)c3)C(=O)C(=O)N2c2ccc(C)cc2C)c1. The van der Waals surface area contributed by atoms with Crippen LogP contribution in [0.1, 0.15) is 33.9 Å². The molecule has 1 atom stereocenters. The Labute approximate surface area is 201 Å². The molecule has 1 heterocycles. The highest BCUT2D eigenvalue weighted by atomic mass is 79.9.